The molecule has 19 heavy (non-hydrogen) atoms. The Morgan fingerprint density at radius 1 is 0.947 bits per heavy atom. The Bertz CT molecular complexity index is 214. The average Bonchev–Trinajstić information content (AvgIpc) is 2.42. The molecule has 0 spiro atoms. The second-order valence-electron chi connectivity index (χ2n) is 5.52. The van der Waals surface area contributed by atoms with Gasteiger partial charge in [0.15, 0.2) is 0 Å². The highest BCUT2D eigenvalue weighted by Crippen LogP contribution is 2.17. The van der Waals surface area contributed by atoms with Crippen molar-refractivity contribution in [2.75, 3.05) is 42.9 Å². The summed E-state index contributed by atoms with van der Waals surface area (Å²) in [6.07, 6.45) is 5.39. The predicted octanol–water partition coefficient (Wildman–Crippen LogP) is 3.97. The minimum atomic E-state index is 0.731. The molecule has 1 aliphatic heterocycles. The molecule has 1 heterocycles. The van der Waals surface area contributed by atoms with Gasteiger partial charge in [-0.15, -0.1) is 23.5 Å². The van der Waals surface area contributed by atoms with Crippen molar-refractivity contribution in [3.05, 3.63) is 0 Å². The Hall–Kier alpha value is 0.620. The predicted molar refractivity (Wildman–Crippen MR) is 92.2 cm³/mol. The van der Waals surface area contributed by atoms with Gasteiger partial charge in [0.25, 0.3) is 0 Å². The highest BCUT2D eigenvalue weighted by atomic mass is 32.2. The summed E-state index contributed by atoms with van der Waals surface area (Å²) < 4.78 is 0. The minimum Gasteiger partial charge on any atom is -0.291 e. The lowest BCUT2D eigenvalue weighted by molar-refractivity contribution is 0.115. The number of hydrogen-bond acceptors (Lipinski definition) is 4. The highest BCUT2D eigenvalue weighted by molar-refractivity contribution is 7.99. The van der Waals surface area contributed by atoms with E-state index in [0.717, 1.165) is 6.04 Å². The van der Waals surface area contributed by atoms with Gasteiger partial charge in [-0.25, -0.2) is 0 Å². The molecule has 4 heteroatoms. The highest BCUT2D eigenvalue weighted by Gasteiger charge is 2.22. The standard InChI is InChI=1S/C15H32N2S2/c1-4-6-10-18-13-16-8-9-17(15(3)12-16)14-19-11-7-5-2/h15H,4-14H2,1-3H3. The van der Waals surface area contributed by atoms with Crippen LogP contribution in [0, 0.1) is 0 Å². The number of unbranched alkanes of at least 4 members (excludes halogenated alkanes) is 2. The van der Waals surface area contributed by atoms with E-state index >= 15 is 0 Å². The summed E-state index contributed by atoms with van der Waals surface area (Å²) in [5, 5.41) is 0. The van der Waals surface area contributed by atoms with Gasteiger partial charge in [-0.2, -0.15) is 0 Å². The van der Waals surface area contributed by atoms with Gasteiger partial charge in [-0.05, 0) is 31.3 Å². The molecule has 0 saturated carbocycles. The molecule has 0 aliphatic carbocycles. The molecule has 1 aliphatic rings. The van der Waals surface area contributed by atoms with Gasteiger partial charge in [-0.1, -0.05) is 26.7 Å². The van der Waals surface area contributed by atoms with Gasteiger partial charge >= 0.3 is 0 Å². The molecule has 0 amide bonds. The van der Waals surface area contributed by atoms with E-state index in [1.807, 2.05) is 0 Å². The van der Waals surface area contributed by atoms with E-state index in [2.05, 4.69) is 54.1 Å². The minimum absolute atomic E-state index is 0.731. The van der Waals surface area contributed by atoms with Crippen molar-refractivity contribution in [2.45, 2.75) is 52.5 Å². The number of hydrogen-bond donors (Lipinski definition) is 0. The van der Waals surface area contributed by atoms with Crippen LogP contribution in [0.25, 0.3) is 0 Å². The van der Waals surface area contributed by atoms with Crippen LogP contribution in [-0.2, 0) is 0 Å². The van der Waals surface area contributed by atoms with E-state index in [4.69, 9.17) is 0 Å². The van der Waals surface area contributed by atoms with Gasteiger partial charge in [-0.3, -0.25) is 9.80 Å². The Balaban J connectivity index is 2.09. The van der Waals surface area contributed by atoms with Crippen molar-refractivity contribution in [3.8, 4) is 0 Å². The summed E-state index contributed by atoms with van der Waals surface area (Å²) in [6, 6.07) is 0.731. The van der Waals surface area contributed by atoms with Crippen LogP contribution in [-0.4, -0.2) is 58.7 Å². The fraction of sp³-hybridized carbons (Fsp3) is 1.00. The zero-order valence-electron chi connectivity index (χ0n) is 13.1. The van der Waals surface area contributed by atoms with Crippen molar-refractivity contribution >= 4 is 23.5 Å². The van der Waals surface area contributed by atoms with Crippen molar-refractivity contribution in [3.63, 3.8) is 0 Å². The fourth-order valence-corrected chi connectivity index (χ4v) is 4.60. The molecule has 0 bridgehead atoms. The van der Waals surface area contributed by atoms with Crippen LogP contribution in [0.1, 0.15) is 46.5 Å². The van der Waals surface area contributed by atoms with Crippen LogP contribution in [0.4, 0.5) is 0 Å². The van der Waals surface area contributed by atoms with Gasteiger partial charge in [0.1, 0.15) is 0 Å². The van der Waals surface area contributed by atoms with E-state index < -0.39 is 0 Å². The first-order valence-electron chi connectivity index (χ1n) is 7.89. The molecular formula is C15H32N2S2. The van der Waals surface area contributed by atoms with E-state index in [1.165, 1.54) is 68.6 Å². The van der Waals surface area contributed by atoms with E-state index in [-0.39, 0.29) is 0 Å². The summed E-state index contributed by atoms with van der Waals surface area (Å²) in [4.78, 5) is 5.30. The zero-order chi connectivity index (χ0) is 13.9. The normalized spacial score (nSPS) is 21.9. The molecule has 1 rings (SSSR count). The van der Waals surface area contributed by atoms with Crippen LogP contribution < -0.4 is 0 Å². The molecule has 0 radical (unpaired) electrons. The molecule has 114 valence electrons. The number of rotatable bonds is 10. The first-order chi connectivity index (χ1) is 9.27. The Labute approximate surface area is 129 Å². The van der Waals surface area contributed by atoms with E-state index in [1.54, 1.807) is 0 Å². The van der Waals surface area contributed by atoms with Gasteiger partial charge in [0.2, 0.25) is 0 Å². The van der Waals surface area contributed by atoms with E-state index in [9.17, 15) is 0 Å². The lowest BCUT2D eigenvalue weighted by Gasteiger charge is -2.39. The Morgan fingerprint density at radius 3 is 2.16 bits per heavy atom. The smallest absolute Gasteiger partial charge is 0.0448 e. The SMILES string of the molecule is CCCCSCN1CCN(CSCCCC)C(C)C1. The quantitative estimate of drug-likeness (QED) is 0.563. The summed E-state index contributed by atoms with van der Waals surface area (Å²) in [7, 11) is 0. The number of thioether (sulfide) groups is 2. The summed E-state index contributed by atoms with van der Waals surface area (Å²) in [6.45, 7) is 10.7. The molecule has 0 N–H and O–H groups in total. The second kappa shape index (κ2) is 11.3. The van der Waals surface area contributed by atoms with Crippen LogP contribution in [0.3, 0.4) is 0 Å². The lowest BCUT2D eigenvalue weighted by Crippen LogP contribution is -2.51. The molecule has 0 aromatic heterocycles. The van der Waals surface area contributed by atoms with Crippen LogP contribution in [0.15, 0.2) is 0 Å². The van der Waals surface area contributed by atoms with Crippen LogP contribution in [0.5, 0.6) is 0 Å². The molecule has 1 unspecified atom stereocenters. The van der Waals surface area contributed by atoms with Crippen molar-refractivity contribution in [1.29, 1.82) is 0 Å². The maximum Gasteiger partial charge on any atom is 0.0448 e. The number of nitrogens with zero attached hydrogens (tertiary/aromatic N) is 2. The van der Waals surface area contributed by atoms with E-state index in [0.29, 0.717) is 0 Å². The molecule has 0 aromatic carbocycles. The molecule has 1 saturated heterocycles. The van der Waals surface area contributed by atoms with Gasteiger partial charge in [0, 0.05) is 37.4 Å². The third kappa shape index (κ3) is 7.84. The topological polar surface area (TPSA) is 6.48 Å². The maximum absolute atomic E-state index is 2.66. The zero-order valence-corrected chi connectivity index (χ0v) is 14.7. The van der Waals surface area contributed by atoms with Crippen LogP contribution in [0.2, 0.25) is 0 Å². The summed E-state index contributed by atoms with van der Waals surface area (Å²) in [5.41, 5.74) is 0. The molecule has 1 atom stereocenters. The second-order valence-corrected chi connectivity index (χ2v) is 7.67. The number of piperazine rings is 1. The van der Waals surface area contributed by atoms with Crippen LogP contribution >= 0.6 is 23.5 Å². The van der Waals surface area contributed by atoms with Gasteiger partial charge < -0.3 is 0 Å². The molecule has 1 fully saturated rings. The fourth-order valence-electron chi connectivity index (χ4n) is 2.25. The molecule has 0 aromatic rings. The average molecular weight is 305 g/mol. The Morgan fingerprint density at radius 2 is 1.58 bits per heavy atom. The largest absolute Gasteiger partial charge is 0.291 e. The van der Waals surface area contributed by atoms with Crippen molar-refractivity contribution in [2.24, 2.45) is 0 Å². The Kier molecular flexibility index (Phi) is 10.5. The summed E-state index contributed by atoms with van der Waals surface area (Å²) in [5.74, 6) is 5.13. The van der Waals surface area contributed by atoms with Gasteiger partial charge in [0.05, 0.1) is 0 Å². The molecule has 2 nitrogen and oxygen atoms in total. The molecular weight excluding hydrogens is 272 g/mol. The van der Waals surface area contributed by atoms with Crippen molar-refractivity contribution in [1.82, 2.24) is 9.80 Å². The summed E-state index contributed by atoms with van der Waals surface area (Å²) >= 11 is 4.23. The monoisotopic (exact) mass is 304 g/mol. The maximum atomic E-state index is 2.66. The first kappa shape index (κ1) is 17.7. The third-order valence-corrected chi connectivity index (χ3v) is 5.88. The van der Waals surface area contributed by atoms with Crippen molar-refractivity contribution < 1.29 is 0 Å². The first-order valence-corrected chi connectivity index (χ1v) is 10.2. The third-order valence-electron chi connectivity index (χ3n) is 3.66. The lowest BCUT2D eigenvalue weighted by atomic mass is 10.2.